The lowest BCUT2D eigenvalue weighted by molar-refractivity contribution is -0.207. The molecular weight excluding hydrogens is 168 g/mol. The Hall–Kier alpha value is -0.120. The van der Waals surface area contributed by atoms with E-state index in [0.717, 1.165) is 6.42 Å². The van der Waals surface area contributed by atoms with Crippen LogP contribution in [0.2, 0.25) is 0 Å². The Morgan fingerprint density at radius 2 is 1.92 bits per heavy atom. The van der Waals surface area contributed by atoms with Crippen molar-refractivity contribution in [1.82, 2.24) is 0 Å². The second-order valence-corrected chi connectivity index (χ2v) is 4.88. The fraction of sp³-hybridized carbons (Fsp3) is 1.00. The van der Waals surface area contributed by atoms with Crippen molar-refractivity contribution in [3.63, 3.8) is 0 Å². The first-order valence-corrected chi connectivity index (χ1v) is 4.90. The lowest BCUT2D eigenvalue weighted by Crippen LogP contribution is -2.60. The van der Waals surface area contributed by atoms with Gasteiger partial charge in [0.05, 0.1) is 11.7 Å². The lowest BCUT2D eigenvalue weighted by Gasteiger charge is -2.46. The lowest BCUT2D eigenvalue weighted by atomic mass is 9.69. The van der Waals surface area contributed by atoms with Crippen molar-refractivity contribution in [1.29, 1.82) is 0 Å². The van der Waals surface area contributed by atoms with E-state index in [1.165, 1.54) is 0 Å². The Morgan fingerprint density at radius 1 is 1.38 bits per heavy atom. The summed E-state index contributed by atoms with van der Waals surface area (Å²) in [6, 6.07) is 0. The molecule has 0 aromatic carbocycles. The minimum Gasteiger partial charge on any atom is -0.390 e. The topological polar surface area (TPSA) is 60.7 Å². The number of rotatable bonds is 1. The highest BCUT2D eigenvalue weighted by Crippen LogP contribution is 2.38. The third-order valence-corrected chi connectivity index (χ3v) is 3.25. The predicted octanol–water partition coefficient (Wildman–Crippen LogP) is 0.669. The van der Waals surface area contributed by atoms with E-state index in [1.807, 2.05) is 6.92 Å². The maximum absolute atomic E-state index is 10.1. The van der Waals surface area contributed by atoms with E-state index in [0.29, 0.717) is 18.8 Å². The number of hydrogen-bond acceptors (Lipinski definition) is 3. The highest BCUT2D eigenvalue weighted by molar-refractivity contribution is 5.02. The highest BCUT2D eigenvalue weighted by Gasteiger charge is 2.50. The van der Waals surface area contributed by atoms with Gasteiger partial charge in [-0.1, -0.05) is 6.92 Å². The molecule has 0 bridgehead atoms. The van der Waals surface area contributed by atoms with Crippen molar-refractivity contribution in [2.45, 2.75) is 57.3 Å². The van der Waals surface area contributed by atoms with Crippen LogP contribution in [-0.4, -0.2) is 32.6 Å². The second kappa shape index (κ2) is 3.23. The summed E-state index contributed by atoms with van der Waals surface area (Å²) in [6.07, 6.45) is 1.09. The molecule has 0 saturated heterocycles. The Labute approximate surface area is 79.4 Å². The zero-order valence-corrected chi connectivity index (χ0v) is 8.62. The van der Waals surface area contributed by atoms with Gasteiger partial charge in [-0.25, -0.2) is 0 Å². The summed E-state index contributed by atoms with van der Waals surface area (Å²) in [5.41, 5.74) is -2.56. The molecule has 0 amide bonds. The van der Waals surface area contributed by atoms with Crippen LogP contribution >= 0.6 is 0 Å². The summed E-state index contributed by atoms with van der Waals surface area (Å²) >= 11 is 0. The van der Waals surface area contributed by atoms with Gasteiger partial charge in [0.1, 0.15) is 5.60 Å². The molecule has 0 radical (unpaired) electrons. The first-order chi connectivity index (χ1) is 5.77. The van der Waals surface area contributed by atoms with Crippen LogP contribution in [0.25, 0.3) is 0 Å². The van der Waals surface area contributed by atoms with Gasteiger partial charge in [-0.15, -0.1) is 0 Å². The Morgan fingerprint density at radius 3 is 2.31 bits per heavy atom. The Kier molecular flexibility index (Phi) is 2.72. The fourth-order valence-corrected chi connectivity index (χ4v) is 2.04. The van der Waals surface area contributed by atoms with Crippen molar-refractivity contribution in [2.75, 3.05) is 0 Å². The molecular formula is C10H20O3. The Balaban J connectivity index is 2.79. The van der Waals surface area contributed by atoms with Gasteiger partial charge >= 0.3 is 0 Å². The predicted molar refractivity (Wildman–Crippen MR) is 50.3 cm³/mol. The van der Waals surface area contributed by atoms with E-state index in [-0.39, 0.29) is 0 Å². The molecule has 3 heteroatoms. The third-order valence-electron chi connectivity index (χ3n) is 3.25. The van der Waals surface area contributed by atoms with E-state index >= 15 is 0 Å². The van der Waals surface area contributed by atoms with Crippen molar-refractivity contribution in [3.8, 4) is 0 Å². The zero-order chi connectivity index (χ0) is 10.3. The van der Waals surface area contributed by atoms with Gasteiger partial charge < -0.3 is 15.3 Å². The molecule has 0 aliphatic heterocycles. The van der Waals surface area contributed by atoms with Gasteiger partial charge in [-0.3, -0.25) is 0 Å². The summed E-state index contributed by atoms with van der Waals surface area (Å²) in [5.74, 6) is 0.428. The van der Waals surface area contributed by atoms with Gasteiger partial charge in [0.15, 0.2) is 0 Å². The molecule has 0 heterocycles. The van der Waals surface area contributed by atoms with E-state index in [2.05, 4.69) is 0 Å². The van der Waals surface area contributed by atoms with Crippen LogP contribution in [0, 0.1) is 5.92 Å². The molecule has 3 unspecified atom stereocenters. The molecule has 78 valence electrons. The standard InChI is InChI=1S/C10H20O3/c1-7-4-5-10(13,8(11)6-7)9(2,3)12/h7-8,11-13H,4-6H2,1-3H3. The molecule has 0 aromatic heterocycles. The normalized spacial score (nSPS) is 42.0. The van der Waals surface area contributed by atoms with Gasteiger partial charge in [-0.2, -0.15) is 0 Å². The molecule has 1 aliphatic rings. The number of aliphatic hydroxyl groups is 3. The molecule has 1 fully saturated rings. The summed E-state index contributed by atoms with van der Waals surface area (Å²) < 4.78 is 0. The first kappa shape index (κ1) is 11.0. The number of aliphatic hydroxyl groups excluding tert-OH is 1. The Bertz CT molecular complexity index is 185. The average molecular weight is 188 g/mol. The first-order valence-electron chi connectivity index (χ1n) is 4.90. The largest absolute Gasteiger partial charge is 0.390 e. The van der Waals surface area contributed by atoms with Gasteiger partial charge in [0, 0.05) is 0 Å². The van der Waals surface area contributed by atoms with E-state index in [9.17, 15) is 15.3 Å². The molecule has 13 heavy (non-hydrogen) atoms. The molecule has 3 atom stereocenters. The van der Waals surface area contributed by atoms with Gasteiger partial charge in [0.2, 0.25) is 0 Å². The molecule has 3 nitrogen and oxygen atoms in total. The summed E-state index contributed by atoms with van der Waals surface area (Å²) in [5, 5.41) is 29.6. The van der Waals surface area contributed by atoms with Crippen LogP contribution in [0.1, 0.15) is 40.0 Å². The quantitative estimate of drug-likeness (QED) is 0.567. The maximum Gasteiger partial charge on any atom is 0.118 e. The minimum absolute atomic E-state index is 0.428. The van der Waals surface area contributed by atoms with Crippen LogP contribution in [0.5, 0.6) is 0 Å². The van der Waals surface area contributed by atoms with E-state index in [4.69, 9.17) is 0 Å². The zero-order valence-electron chi connectivity index (χ0n) is 8.62. The molecule has 0 aromatic rings. The number of hydrogen-bond donors (Lipinski definition) is 3. The van der Waals surface area contributed by atoms with E-state index in [1.54, 1.807) is 13.8 Å². The van der Waals surface area contributed by atoms with Crippen molar-refractivity contribution in [3.05, 3.63) is 0 Å². The molecule has 1 rings (SSSR count). The van der Waals surface area contributed by atoms with E-state index < -0.39 is 17.3 Å². The highest BCUT2D eigenvalue weighted by atomic mass is 16.4. The van der Waals surface area contributed by atoms with Crippen LogP contribution in [0.15, 0.2) is 0 Å². The summed E-state index contributed by atoms with van der Waals surface area (Å²) in [6.45, 7) is 5.14. The van der Waals surface area contributed by atoms with Crippen molar-refractivity contribution in [2.24, 2.45) is 5.92 Å². The third kappa shape index (κ3) is 1.87. The van der Waals surface area contributed by atoms with Crippen LogP contribution < -0.4 is 0 Å². The minimum atomic E-state index is -1.33. The maximum atomic E-state index is 10.1. The molecule has 1 aliphatic carbocycles. The molecule has 0 spiro atoms. The van der Waals surface area contributed by atoms with Crippen LogP contribution in [0.3, 0.4) is 0 Å². The second-order valence-electron chi connectivity index (χ2n) is 4.88. The SMILES string of the molecule is CC1CCC(O)(C(C)(C)O)C(O)C1. The molecule has 3 N–H and O–H groups in total. The fourth-order valence-electron chi connectivity index (χ4n) is 2.04. The molecule has 1 saturated carbocycles. The van der Waals surface area contributed by atoms with Crippen LogP contribution in [0.4, 0.5) is 0 Å². The average Bonchev–Trinajstić information content (AvgIpc) is 1.95. The van der Waals surface area contributed by atoms with Crippen molar-refractivity contribution < 1.29 is 15.3 Å². The van der Waals surface area contributed by atoms with Crippen molar-refractivity contribution >= 4 is 0 Å². The van der Waals surface area contributed by atoms with Gasteiger partial charge in [-0.05, 0) is 39.0 Å². The monoisotopic (exact) mass is 188 g/mol. The van der Waals surface area contributed by atoms with Gasteiger partial charge in [0.25, 0.3) is 0 Å². The van der Waals surface area contributed by atoms with Crippen LogP contribution in [-0.2, 0) is 0 Å². The summed E-state index contributed by atoms with van der Waals surface area (Å²) in [4.78, 5) is 0. The smallest absolute Gasteiger partial charge is 0.118 e. The summed E-state index contributed by atoms with van der Waals surface area (Å²) in [7, 11) is 0.